The first-order valence-electron chi connectivity index (χ1n) is 7.92. The Labute approximate surface area is 136 Å². The van der Waals surface area contributed by atoms with Crippen LogP contribution in [0.5, 0.6) is 0 Å². The summed E-state index contributed by atoms with van der Waals surface area (Å²) in [6.07, 6.45) is 1.25. The molecule has 0 bridgehead atoms. The molecule has 0 unspecified atom stereocenters. The monoisotopic (exact) mass is 308 g/mol. The number of hydrogen-bond acceptors (Lipinski definition) is 3. The summed E-state index contributed by atoms with van der Waals surface area (Å²) in [4.78, 5) is 25.3. The molecule has 2 aromatic rings. The molecule has 1 aliphatic rings. The lowest BCUT2D eigenvalue weighted by molar-refractivity contribution is -0.141. The van der Waals surface area contributed by atoms with Crippen LogP contribution in [0, 0.1) is 0 Å². The van der Waals surface area contributed by atoms with E-state index in [2.05, 4.69) is 5.32 Å². The van der Waals surface area contributed by atoms with Crippen LogP contribution in [0.25, 0.3) is 0 Å². The maximum atomic E-state index is 12.3. The van der Waals surface area contributed by atoms with Crippen LogP contribution in [0.2, 0.25) is 0 Å². The molecule has 0 aliphatic carbocycles. The second-order valence-electron chi connectivity index (χ2n) is 5.68. The first kappa shape index (κ1) is 15.4. The third-order valence-electron chi connectivity index (χ3n) is 4.10. The van der Waals surface area contributed by atoms with Gasteiger partial charge in [0, 0.05) is 13.0 Å². The van der Waals surface area contributed by atoms with E-state index in [-0.39, 0.29) is 24.4 Å². The minimum atomic E-state index is -0.149. The molecule has 23 heavy (non-hydrogen) atoms. The highest BCUT2D eigenvalue weighted by Crippen LogP contribution is 2.21. The van der Waals surface area contributed by atoms with Crippen LogP contribution < -0.4 is 5.32 Å². The average molecular weight is 308 g/mol. The van der Waals surface area contributed by atoms with Crippen LogP contribution in [0.3, 0.4) is 0 Å². The van der Waals surface area contributed by atoms with Gasteiger partial charge in [0.1, 0.15) is 0 Å². The van der Waals surface area contributed by atoms with Gasteiger partial charge in [-0.2, -0.15) is 0 Å². The minimum absolute atomic E-state index is 0.0622. The number of nitrogens with one attached hydrogen (secondary N) is 1. The molecule has 0 atom stereocenters. The van der Waals surface area contributed by atoms with Gasteiger partial charge in [-0.3, -0.25) is 19.8 Å². The number of nitrogens with zero attached hydrogens (tertiary/aromatic N) is 1. The third kappa shape index (κ3) is 3.66. The number of benzene rings is 2. The van der Waals surface area contributed by atoms with Crippen molar-refractivity contribution in [1.29, 1.82) is 0 Å². The van der Waals surface area contributed by atoms with E-state index in [1.807, 2.05) is 60.7 Å². The lowest BCUT2D eigenvalue weighted by atomic mass is 9.99. The first-order chi connectivity index (χ1) is 11.3. The zero-order valence-corrected chi connectivity index (χ0v) is 12.9. The zero-order chi connectivity index (χ0) is 16.1. The highest BCUT2D eigenvalue weighted by Gasteiger charge is 2.26. The molecule has 1 saturated heterocycles. The van der Waals surface area contributed by atoms with E-state index in [4.69, 9.17) is 0 Å². The van der Waals surface area contributed by atoms with Crippen molar-refractivity contribution in [3.63, 3.8) is 0 Å². The molecule has 118 valence electrons. The van der Waals surface area contributed by atoms with Gasteiger partial charge >= 0.3 is 0 Å². The largest absolute Gasteiger partial charge is 0.298 e. The predicted octanol–water partition coefficient (Wildman–Crippen LogP) is 2.51. The number of imide groups is 1. The molecular weight excluding hydrogens is 288 g/mol. The number of amides is 2. The van der Waals surface area contributed by atoms with Crippen molar-refractivity contribution in [2.75, 3.05) is 13.1 Å². The number of likely N-dealkylation sites (tertiary alicyclic amines) is 1. The second-order valence-corrected chi connectivity index (χ2v) is 5.68. The maximum absolute atomic E-state index is 12.3. The van der Waals surface area contributed by atoms with E-state index in [9.17, 15) is 9.59 Å². The summed E-state index contributed by atoms with van der Waals surface area (Å²) in [6, 6.07) is 20.0. The molecule has 2 amide bonds. The molecular formula is C19H20N2O2. The van der Waals surface area contributed by atoms with Crippen molar-refractivity contribution in [2.45, 2.75) is 18.9 Å². The fraction of sp³-hybridized carbons (Fsp3) is 0.263. The van der Waals surface area contributed by atoms with Crippen LogP contribution in [0.1, 0.15) is 30.0 Å². The maximum Gasteiger partial charge on any atom is 0.243 e. The fourth-order valence-electron chi connectivity index (χ4n) is 2.92. The summed E-state index contributed by atoms with van der Waals surface area (Å²) in [7, 11) is 0. The van der Waals surface area contributed by atoms with Gasteiger partial charge in [-0.1, -0.05) is 60.7 Å². The van der Waals surface area contributed by atoms with Gasteiger partial charge in [0.05, 0.1) is 12.6 Å². The summed E-state index contributed by atoms with van der Waals surface area (Å²) < 4.78 is 0. The van der Waals surface area contributed by atoms with Crippen LogP contribution in [-0.4, -0.2) is 29.8 Å². The van der Waals surface area contributed by atoms with E-state index in [1.54, 1.807) is 0 Å². The van der Waals surface area contributed by atoms with Gasteiger partial charge < -0.3 is 0 Å². The second kappa shape index (κ2) is 7.20. The Morgan fingerprint density at radius 1 is 1.00 bits per heavy atom. The summed E-state index contributed by atoms with van der Waals surface area (Å²) in [5.41, 5.74) is 2.19. The molecule has 0 aromatic heterocycles. The topological polar surface area (TPSA) is 49.4 Å². The number of rotatable bonds is 5. The van der Waals surface area contributed by atoms with Gasteiger partial charge in [0.25, 0.3) is 0 Å². The van der Waals surface area contributed by atoms with Gasteiger partial charge in [-0.25, -0.2) is 0 Å². The smallest absolute Gasteiger partial charge is 0.243 e. The van der Waals surface area contributed by atoms with Gasteiger partial charge in [0.2, 0.25) is 11.8 Å². The van der Waals surface area contributed by atoms with Crippen molar-refractivity contribution >= 4 is 11.8 Å². The Morgan fingerprint density at radius 3 is 2.04 bits per heavy atom. The summed E-state index contributed by atoms with van der Waals surface area (Å²) in [6.45, 7) is 0.695. The Bertz CT molecular complexity index is 631. The van der Waals surface area contributed by atoms with Crippen molar-refractivity contribution in [2.24, 2.45) is 0 Å². The van der Waals surface area contributed by atoms with E-state index in [1.165, 1.54) is 4.90 Å². The fourth-order valence-corrected chi connectivity index (χ4v) is 2.92. The number of carbonyl (C=O) groups excluding carboxylic acids is 2. The molecule has 1 heterocycles. The molecule has 1 aliphatic heterocycles. The standard InChI is InChI=1S/C19H20N2O2/c22-17-12-7-13-21(17)18(23)14-20-19(15-8-3-1-4-9-15)16-10-5-2-6-11-16/h1-6,8-11,19-20H,7,12-14H2. The molecule has 0 saturated carbocycles. The minimum Gasteiger partial charge on any atom is -0.298 e. The molecule has 1 fully saturated rings. The van der Waals surface area contributed by atoms with Crippen LogP contribution in [0.15, 0.2) is 60.7 Å². The number of carbonyl (C=O) groups is 2. The summed E-state index contributed by atoms with van der Waals surface area (Å²) >= 11 is 0. The van der Waals surface area contributed by atoms with E-state index >= 15 is 0 Å². The van der Waals surface area contributed by atoms with Crippen LogP contribution in [-0.2, 0) is 9.59 Å². The Morgan fingerprint density at radius 2 is 1.57 bits per heavy atom. The lowest BCUT2D eigenvalue weighted by Gasteiger charge is -2.21. The molecule has 0 spiro atoms. The Kier molecular flexibility index (Phi) is 4.83. The van der Waals surface area contributed by atoms with E-state index < -0.39 is 0 Å². The van der Waals surface area contributed by atoms with E-state index in [0.717, 1.165) is 17.5 Å². The highest BCUT2D eigenvalue weighted by molar-refractivity contribution is 5.97. The van der Waals surface area contributed by atoms with Crippen LogP contribution >= 0.6 is 0 Å². The van der Waals surface area contributed by atoms with Crippen molar-refractivity contribution in [3.8, 4) is 0 Å². The quantitative estimate of drug-likeness (QED) is 0.923. The zero-order valence-electron chi connectivity index (χ0n) is 12.9. The lowest BCUT2D eigenvalue weighted by Crippen LogP contribution is -2.40. The molecule has 4 nitrogen and oxygen atoms in total. The summed E-state index contributed by atoms with van der Waals surface area (Å²) in [5, 5.41) is 3.31. The SMILES string of the molecule is O=C1CCCN1C(=O)CNC(c1ccccc1)c1ccccc1. The third-order valence-corrected chi connectivity index (χ3v) is 4.10. The molecule has 4 heteroatoms. The molecule has 2 aromatic carbocycles. The highest BCUT2D eigenvalue weighted by atomic mass is 16.2. The normalized spacial score (nSPS) is 14.5. The Hall–Kier alpha value is -2.46. The predicted molar refractivity (Wildman–Crippen MR) is 88.7 cm³/mol. The summed E-state index contributed by atoms with van der Waals surface area (Å²) in [5.74, 6) is -0.211. The van der Waals surface area contributed by atoms with Crippen molar-refractivity contribution in [3.05, 3.63) is 71.8 Å². The van der Waals surface area contributed by atoms with Gasteiger partial charge in [0.15, 0.2) is 0 Å². The molecule has 1 N–H and O–H groups in total. The molecule has 3 rings (SSSR count). The first-order valence-corrected chi connectivity index (χ1v) is 7.92. The Balaban J connectivity index is 1.74. The van der Waals surface area contributed by atoms with Crippen molar-refractivity contribution in [1.82, 2.24) is 10.2 Å². The average Bonchev–Trinajstić information content (AvgIpc) is 3.03. The van der Waals surface area contributed by atoms with E-state index in [0.29, 0.717) is 13.0 Å². The van der Waals surface area contributed by atoms with Crippen molar-refractivity contribution < 1.29 is 9.59 Å². The number of hydrogen-bond donors (Lipinski definition) is 1. The molecule has 0 radical (unpaired) electrons. The van der Waals surface area contributed by atoms with Gasteiger partial charge in [-0.15, -0.1) is 0 Å². The van der Waals surface area contributed by atoms with Crippen LogP contribution in [0.4, 0.5) is 0 Å². The van der Waals surface area contributed by atoms with Gasteiger partial charge in [-0.05, 0) is 17.5 Å².